The Balaban J connectivity index is 0. The summed E-state index contributed by atoms with van der Waals surface area (Å²) in [6, 6.07) is 0. The van der Waals surface area contributed by atoms with Crippen molar-refractivity contribution in [2.24, 2.45) is 11.7 Å². The van der Waals surface area contributed by atoms with Gasteiger partial charge in [-0.1, -0.05) is 0 Å². The second-order valence-electron chi connectivity index (χ2n) is 3.66. The van der Waals surface area contributed by atoms with Gasteiger partial charge in [0, 0.05) is 19.0 Å². The molecular formula is C9H21Cl2N3O. The molecule has 6 heteroatoms. The molecule has 1 saturated heterocycles. The number of nitrogens with zero attached hydrogens (tertiary/aromatic N) is 1. The van der Waals surface area contributed by atoms with Gasteiger partial charge in [0.25, 0.3) is 0 Å². The van der Waals surface area contributed by atoms with Gasteiger partial charge in [0.1, 0.15) is 0 Å². The number of nitrogens with two attached hydrogens (primary N) is 1. The molecule has 0 aromatic heterocycles. The summed E-state index contributed by atoms with van der Waals surface area (Å²) in [7, 11) is 2.09. The zero-order valence-corrected chi connectivity index (χ0v) is 10.7. The Kier molecular flexibility index (Phi) is 10.7. The van der Waals surface area contributed by atoms with Crippen molar-refractivity contribution in [2.75, 3.05) is 33.2 Å². The lowest BCUT2D eigenvalue weighted by Crippen LogP contribution is -2.40. The highest BCUT2D eigenvalue weighted by molar-refractivity contribution is 5.85. The van der Waals surface area contributed by atoms with Gasteiger partial charge >= 0.3 is 0 Å². The second kappa shape index (κ2) is 9.21. The number of hydrogen-bond acceptors (Lipinski definition) is 3. The third-order valence-electron chi connectivity index (χ3n) is 2.53. The van der Waals surface area contributed by atoms with Crippen molar-refractivity contribution in [3.8, 4) is 0 Å². The van der Waals surface area contributed by atoms with Crippen LogP contribution in [0.5, 0.6) is 0 Å². The molecule has 0 aromatic rings. The summed E-state index contributed by atoms with van der Waals surface area (Å²) in [5.74, 6) is 0.390. The molecular weight excluding hydrogens is 237 g/mol. The first-order chi connectivity index (χ1) is 6.24. The molecule has 0 radical (unpaired) electrons. The topological polar surface area (TPSA) is 58.4 Å². The number of halogens is 2. The largest absolute Gasteiger partial charge is 0.355 e. The fraction of sp³-hybridized carbons (Fsp3) is 0.889. The summed E-state index contributed by atoms with van der Waals surface area (Å²) in [5.41, 5.74) is 5.31. The third-order valence-corrected chi connectivity index (χ3v) is 2.53. The van der Waals surface area contributed by atoms with Crippen molar-refractivity contribution in [1.82, 2.24) is 10.2 Å². The first-order valence-corrected chi connectivity index (χ1v) is 4.90. The fourth-order valence-electron chi connectivity index (χ4n) is 1.61. The molecule has 1 amide bonds. The molecule has 0 aliphatic carbocycles. The Bertz CT molecular complexity index is 173. The molecule has 1 aliphatic heterocycles. The van der Waals surface area contributed by atoms with Crippen LogP contribution in [0.25, 0.3) is 0 Å². The van der Waals surface area contributed by atoms with Gasteiger partial charge in [0.15, 0.2) is 0 Å². The molecule has 0 bridgehead atoms. The summed E-state index contributed by atoms with van der Waals surface area (Å²) in [6.07, 6.45) is 1.96. The van der Waals surface area contributed by atoms with Gasteiger partial charge in [-0.25, -0.2) is 0 Å². The van der Waals surface area contributed by atoms with Gasteiger partial charge in [-0.2, -0.15) is 0 Å². The van der Waals surface area contributed by atoms with E-state index < -0.39 is 0 Å². The van der Waals surface area contributed by atoms with E-state index in [1.807, 2.05) is 0 Å². The standard InChI is InChI=1S/C9H19N3O.2ClH/c1-12-6-2-8(3-7-12)9(13)11-5-4-10;;/h8H,2-7,10H2,1H3,(H,11,13);2*1H. The fourth-order valence-corrected chi connectivity index (χ4v) is 1.61. The minimum Gasteiger partial charge on any atom is -0.355 e. The number of likely N-dealkylation sites (tertiary alicyclic amines) is 1. The molecule has 1 fully saturated rings. The maximum atomic E-state index is 11.5. The first kappa shape index (κ1) is 17.4. The summed E-state index contributed by atoms with van der Waals surface area (Å²) in [4.78, 5) is 13.7. The van der Waals surface area contributed by atoms with Gasteiger partial charge in [-0.3, -0.25) is 4.79 Å². The predicted molar refractivity (Wildman–Crippen MR) is 66.8 cm³/mol. The van der Waals surface area contributed by atoms with Crippen LogP contribution in [-0.4, -0.2) is 44.0 Å². The molecule has 0 spiro atoms. The molecule has 1 rings (SSSR count). The molecule has 15 heavy (non-hydrogen) atoms. The van der Waals surface area contributed by atoms with Crippen molar-refractivity contribution >= 4 is 30.7 Å². The van der Waals surface area contributed by atoms with Crippen LogP contribution in [0, 0.1) is 5.92 Å². The van der Waals surface area contributed by atoms with Crippen LogP contribution in [0.3, 0.4) is 0 Å². The SMILES string of the molecule is CN1CCC(C(=O)NCCN)CC1.Cl.Cl. The lowest BCUT2D eigenvalue weighted by Gasteiger charge is -2.27. The monoisotopic (exact) mass is 257 g/mol. The van der Waals surface area contributed by atoms with Crippen LogP contribution in [0.2, 0.25) is 0 Å². The number of amides is 1. The Hall–Kier alpha value is -0.0300. The normalized spacial score (nSPS) is 17.5. The number of carbonyl (C=O) groups is 1. The number of hydrogen-bond donors (Lipinski definition) is 2. The molecule has 4 nitrogen and oxygen atoms in total. The van der Waals surface area contributed by atoms with Crippen molar-refractivity contribution < 1.29 is 4.79 Å². The van der Waals surface area contributed by atoms with Gasteiger partial charge in [0.05, 0.1) is 0 Å². The Morgan fingerprint density at radius 3 is 2.40 bits per heavy atom. The highest BCUT2D eigenvalue weighted by Gasteiger charge is 2.22. The number of rotatable bonds is 3. The van der Waals surface area contributed by atoms with E-state index >= 15 is 0 Å². The predicted octanol–water partition coefficient (Wildman–Crippen LogP) is 0.247. The van der Waals surface area contributed by atoms with E-state index in [0.717, 1.165) is 25.9 Å². The van der Waals surface area contributed by atoms with Gasteiger partial charge in [-0.05, 0) is 33.0 Å². The minimum absolute atomic E-state index is 0. The van der Waals surface area contributed by atoms with E-state index in [4.69, 9.17) is 5.73 Å². The van der Waals surface area contributed by atoms with E-state index in [9.17, 15) is 4.79 Å². The maximum absolute atomic E-state index is 11.5. The lowest BCUT2D eigenvalue weighted by molar-refractivity contribution is -0.126. The van der Waals surface area contributed by atoms with Gasteiger partial charge in [0.2, 0.25) is 5.91 Å². The van der Waals surface area contributed by atoms with Gasteiger partial charge in [-0.15, -0.1) is 24.8 Å². The average Bonchev–Trinajstić information content (AvgIpc) is 2.15. The van der Waals surface area contributed by atoms with Crippen LogP contribution in [-0.2, 0) is 4.79 Å². The molecule has 1 heterocycles. The van der Waals surface area contributed by atoms with Crippen molar-refractivity contribution in [3.63, 3.8) is 0 Å². The van der Waals surface area contributed by atoms with Crippen LogP contribution in [0.15, 0.2) is 0 Å². The number of piperidine rings is 1. The van der Waals surface area contributed by atoms with E-state index in [1.165, 1.54) is 0 Å². The Morgan fingerprint density at radius 2 is 1.93 bits per heavy atom. The first-order valence-electron chi connectivity index (χ1n) is 4.90. The zero-order chi connectivity index (χ0) is 9.68. The van der Waals surface area contributed by atoms with E-state index in [-0.39, 0.29) is 36.6 Å². The van der Waals surface area contributed by atoms with Crippen LogP contribution >= 0.6 is 24.8 Å². The van der Waals surface area contributed by atoms with Crippen LogP contribution < -0.4 is 11.1 Å². The lowest BCUT2D eigenvalue weighted by atomic mass is 9.96. The molecule has 92 valence electrons. The van der Waals surface area contributed by atoms with Crippen molar-refractivity contribution in [1.29, 1.82) is 0 Å². The molecule has 0 aromatic carbocycles. The van der Waals surface area contributed by atoms with E-state index in [0.29, 0.717) is 13.1 Å². The quantitative estimate of drug-likeness (QED) is 0.762. The zero-order valence-electron chi connectivity index (χ0n) is 9.07. The molecule has 0 saturated carbocycles. The van der Waals surface area contributed by atoms with Crippen LogP contribution in [0.4, 0.5) is 0 Å². The minimum atomic E-state index is 0. The van der Waals surface area contributed by atoms with E-state index in [2.05, 4.69) is 17.3 Å². The molecule has 0 atom stereocenters. The molecule has 1 aliphatic rings. The summed E-state index contributed by atoms with van der Waals surface area (Å²) in [6.45, 7) is 3.19. The number of carbonyl (C=O) groups excluding carboxylic acids is 1. The molecule has 3 N–H and O–H groups in total. The highest BCUT2D eigenvalue weighted by Crippen LogP contribution is 2.15. The van der Waals surface area contributed by atoms with E-state index in [1.54, 1.807) is 0 Å². The Labute approximate surface area is 104 Å². The Morgan fingerprint density at radius 1 is 1.40 bits per heavy atom. The average molecular weight is 258 g/mol. The highest BCUT2D eigenvalue weighted by atomic mass is 35.5. The summed E-state index contributed by atoms with van der Waals surface area (Å²) in [5, 5.41) is 2.83. The van der Waals surface area contributed by atoms with Crippen molar-refractivity contribution in [2.45, 2.75) is 12.8 Å². The molecule has 0 unspecified atom stereocenters. The van der Waals surface area contributed by atoms with Crippen molar-refractivity contribution in [3.05, 3.63) is 0 Å². The summed E-state index contributed by atoms with van der Waals surface area (Å²) >= 11 is 0. The second-order valence-corrected chi connectivity index (χ2v) is 3.66. The number of nitrogens with one attached hydrogen (secondary N) is 1. The summed E-state index contributed by atoms with van der Waals surface area (Å²) < 4.78 is 0. The van der Waals surface area contributed by atoms with Crippen LogP contribution in [0.1, 0.15) is 12.8 Å². The van der Waals surface area contributed by atoms with Gasteiger partial charge < -0.3 is 16.0 Å². The smallest absolute Gasteiger partial charge is 0.223 e. The third kappa shape index (κ3) is 6.20. The maximum Gasteiger partial charge on any atom is 0.223 e.